The van der Waals surface area contributed by atoms with Crippen LogP contribution in [0.2, 0.25) is 0 Å². The number of aryl methyl sites for hydroxylation is 1. The molecule has 164 valence electrons. The van der Waals surface area contributed by atoms with Crippen LogP contribution < -0.4 is 5.32 Å². The molecule has 1 N–H and O–H groups in total. The van der Waals surface area contributed by atoms with Crippen LogP contribution in [0, 0.1) is 0 Å². The minimum absolute atomic E-state index is 0.0706. The molecule has 3 rings (SSSR count). The second-order valence-corrected chi connectivity index (χ2v) is 9.37. The number of nitrogens with one attached hydrogen (secondary N) is 1. The number of likely N-dealkylation sites (tertiary alicyclic amines) is 1. The van der Waals surface area contributed by atoms with Crippen LogP contribution in [0.3, 0.4) is 0 Å². The molecule has 0 radical (unpaired) electrons. The first-order valence-corrected chi connectivity index (χ1v) is 10.5. The Labute approximate surface area is 176 Å². The first kappa shape index (κ1) is 22.3. The van der Waals surface area contributed by atoms with Gasteiger partial charge >= 0.3 is 12.3 Å². The Kier molecular flexibility index (Phi) is 6.26. The molecule has 2 amide bonds. The maximum absolute atomic E-state index is 12.8. The number of alkyl halides is 3. The van der Waals surface area contributed by atoms with Crippen LogP contribution in [0.15, 0.2) is 18.2 Å². The summed E-state index contributed by atoms with van der Waals surface area (Å²) in [6.07, 6.45) is -3.69. The largest absolute Gasteiger partial charge is 0.444 e. The Morgan fingerprint density at radius 2 is 2.03 bits per heavy atom. The van der Waals surface area contributed by atoms with Crippen LogP contribution in [-0.4, -0.2) is 46.6 Å². The zero-order valence-corrected chi connectivity index (χ0v) is 17.8. The van der Waals surface area contributed by atoms with Crippen LogP contribution in [0.5, 0.6) is 0 Å². The third-order valence-electron chi connectivity index (χ3n) is 4.57. The first-order valence-electron chi connectivity index (χ1n) is 9.65. The van der Waals surface area contributed by atoms with Gasteiger partial charge in [0.2, 0.25) is 5.91 Å². The predicted octanol–water partition coefficient (Wildman–Crippen LogP) is 4.37. The van der Waals surface area contributed by atoms with Gasteiger partial charge in [-0.2, -0.15) is 13.2 Å². The Bertz CT molecular complexity index is 937. The Balaban J connectivity index is 1.52. The Morgan fingerprint density at radius 3 is 2.70 bits per heavy atom. The molecule has 1 aromatic carbocycles. The van der Waals surface area contributed by atoms with E-state index in [1.807, 2.05) is 0 Å². The lowest BCUT2D eigenvalue weighted by Crippen LogP contribution is -2.41. The fourth-order valence-electron chi connectivity index (χ4n) is 3.21. The van der Waals surface area contributed by atoms with Gasteiger partial charge in [-0.3, -0.25) is 4.79 Å². The van der Waals surface area contributed by atoms with Crippen molar-refractivity contribution < 1.29 is 27.5 Å². The molecule has 30 heavy (non-hydrogen) atoms. The molecule has 1 unspecified atom stereocenters. The van der Waals surface area contributed by atoms with E-state index in [0.29, 0.717) is 41.2 Å². The minimum Gasteiger partial charge on any atom is -0.444 e. The number of thiazole rings is 1. The fourth-order valence-corrected chi connectivity index (χ4v) is 4.16. The van der Waals surface area contributed by atoms with Crippen molar-refractivity contribution >= 4 is 33.6 Å². The summed E-state index contributed by atoms with van der Waals surface area (Å²) in [5.74, 6) is -0.0706. The summed E-state index contributed by atoms with van der Waals surface area (Å²) in [5.41, 5.74) is -1.03. The van der Waals surface area contributed by atoms with Gasteiger partial charge in [0.25, 0.3) is 0 Å². The number of carbonyl (C=O) groups excluding carboxylic acids is 2. The number of nitrogens with zero attached hydrogens (tertiary/aromatic N) is 2. The minimum atomic E-state index is -4.41. The number of alkyl carbamates (subject to hydrolysis) is 1. The highest BCUT2D eigenvalue weighted by molar-refractivity contribution is 7.18. The summed E-state index contributed by atoms with van der Waals surface area (Å²) in [5, 5.41) is 3.40. The van der Waals surface area contributed by atoms with Gasteiger partial charge in [-0.15, -0.1) is 11.3 Å². The van der Waals surface area contributed by atoms with Gasteiger partial charge in [-0.25, -0.2) is 9.78 Å². The van der Waals surface area contributed by atoms with E-state index in [1.54, 1.807) is 25.7 Å². The van der Waals surface area contributed by atoms with Crippen LogP contribution in [-0.2, 0) is 22.1 Å². The monoisotopic (exact) mass is 443 g/mol. The highest BCUT2D eigenvalue weighted by Gasteiger charge is 2.31. The maximum atomic E-state index is 12.8. The zero-order valence-electron chi connectivity index (χ0n) is 17.0. The van der Waals surface area contributed by atoms with E-state index < -0.39 is 23.4 Å². The zero-order chi connectivity index (χ0) is 22.1. The van der Waals surface area contributed by atoms with Gasteiger partial charge in [0.1, 0.15) is 5.60 Å². The van der Waals surface area contributed by atoms with Crippen molar-refractivity contribution in [3.63, 3.8) is 0 Å². The molecule has 0 aliphatic carbocycles. The molecule has 6 nitrogen and oxygen atoms in total. The summed E-state index contributed by atoms with van der Waals surface area (Å²) in [6.45, 7) is 6.29. The molecule has 1 atom stereocenters. The number of benzene rings is 1. The lowest BCUT2D eigenvalue weighted by molar-refractivity contribution is -0.137. The SMILES string of the molecule is CC(C)(C)OC(=O)NC1CCN(C(=O)CCc2nc3cc(C(F)(F)F)ccc3s2)C1. The molecule has 1 aromatic heterocycles. The lowest BCUT2D eigenvalue weighted by atomic mass is 10.2. The number of aromatic nitrogens is 1. The number of hydrogen-bond donors (Lipinski definition) is 1. The van der Waals surface area contributed by atoms with Crippen molar-refractivity contribution in [1.29, 1.82) is 0 Å². The molecule has 1 saturated heterocycles. The topological polar surface area (TPSA) is 71.5 Å². The second kappa shape index (κ2) is 8.41. The third-order valence-corrected chi connectivity index (χ3v) is 5.67. The highest BCUT2D eigenvalue weighted by atomic mass is 32.1. The first-order chi connectivity index (χ1) is 13.9. The van der Waals surface area contributed by atoms with E-state index in [4.69, 9.17) is 4.74 Å². The summed E-state index contributed by atoms with van der Waals surface area (Å²) < 4.78 is 44.4. The molecule has 1 aliphatic rings. The molecule has 1 aliphatic heterocycles. The number of hydrogen-bond acceptors (Lipinski definition) is 5. The van der Waals surface area contributed by atoms with Gasteiger partial charge in [0.15, 0.2) is 0 Å². The molecule has 10 heteroatoms. The van der Waals surface area contributed by atoms with Crippen molar-refractivity contribution in [2.75, 3.05) is 13.1 Å². The normalized spacial score (nSPS) is 17.4. The number of amides is 2. The smallest absolute Gasteiger partial charge is 0.416 e. The van der Waals surface area contributed by atoms with Crippen molar-refractivity contribution in [2.24, 2.45) is 0 Å². The summed E-state index contributed by atoms with van der Waals surface area (Å²) in [4.78, 5) is 30.3. The number of rotatable bonds is 4. The molecule has 2 aromatic rings. The van der Waals surface area contributed by atoms with Crippen molar-refractivity contribution in [3.05, 3.63) is 28.8 Å². The lowest BCUT2D eigenvalue weighted by Gasteiger charge is -2.22. The fraction of sp³-hybridized carbons (Fsp3) is 0.550. The van der Waals surface area contributed by atoms with Gasteiger partial charge in [-0.05, 0) is 45.4 Å². The molecule has 0 bridgehead atoms. The molecular weight excluding hydrogens is 419 g/mol. The highest BCUT2D eigenvalue weighted by Crippen LogP contribution is 2.33. The van der Waals surface area contributed by atoms with E-state index in [-0.39, 0.29) is 18.4 Å². The number of ether oxygens (including phenoxy) is 1. The second-order valence-electron chi connectivity index (χ2n) is 8.26. The van der Waals surface area contributed by atoms with Gasteiger partial charge in [0.05, 0.1) is 26.8 Å². The molecule has 2 heterocycles. The van der Waals surface area contributed by atoms with E-state index >= 15 is 0 Å². The molecule has 0 saturated carbocycles. The predicted molar refractivity (Wildman–Crippen MR) is 107 cm³/mol. The van der Waals surface area contributed by atoms with Crippen LogP contribution in [0.4, 0.5) is 18.0 Å². The van der Waals surface area contributed by atoms with E-state index in [0.717, 1.165) is 12.1 Å². The Hall–Kier alpha value is -2.36. The van der Waals surface area contributed by atoms with Crippen molar-refractivity contribution in [2.45, 2.75) is 57.9 Å². The van der Waals surface area contributed by atoms with E-state index in [9.17, 15) is 22.8 Å². The number of fused-ring (bicyclic) bond motifs is 1. The van der Waals surface area contributed by atoms with E-state index in [1.165, 1.54) is 17.4 Å². The van der Waals surface area contributed by atoms with Crippen LogP contribution in [0.25, 0.3) is 10.2 Å². The third kappa shape index (κ3) is 5.84. The summed E-state index contributed by atoms with van der Waals surface area (Å²) in [6, 6.07) is 3.32. The maximum Gasteiger partial charge on any atom is 0.416 e. The molecular formula is C20H24F3N3O3S. The quantitative estimate of drug-likeness (QED) is 0.762. The van der Waals surface area contributed by atoms with Gasteiger partial charge in [0, 0.05) is 25.9 Å². The van der Waals surface area contributed by atoms with Crippen molar-refractivity contribution in [1.82, 2.24) is 15.2 Å². The average molecular weight is 443 g/mol. The molecule has 0 spiro atoms. The summed E-state index contributed by atoms with van der Waals surface area (Å²) >= 11 is 1.29. The summed E-state index contributed by atoms with van der Waals surface area (Å²) in [7, 11) is 0. The number of halogens is 3. The van der Waals surface area contributed by atoms with E-state index in [2.05, 4.69) is 10.3 Å². The van der Waals surface area contributed by atoms with Gasteiger partial charge in [-0.1, -0.05) is 0 Å². The number of carbonyl (C=O) groups is 2. The van der Waals surface area contributed by atoms with Gasteiger partial charge < -0.3 is 15.0 Å². The molecule has 1 fully saturated rings. The average Bonchev–Trinajstić information content (AvgIpc) is 3.22. The van der Waals surface area contributed by atoms with Crippen LogP contribution in [0.1, 0.15) is 44.2 Å². The van der Waals surface area contributed by atoms with Crippen molar-refractivity contribution in [3.8, 4) is 0 Å². The Morgan fingerprint density at radius 1 is 1.30 bits per heavy atom. The standard InChI is InChI=1S/C20H24F3N3O3S/c1-19(2,3)29-18(28)24-13-8-9-26(11-13)17(27)7-6-16-25-14-10-12(20(21,22)23)4-5-15(14)30-16/h4-5,10,13H,6-9,11H2,1-3H3,(H,24,28). The van der Waals surface area contributed by atoms with Crippen LogP contribution >= 0.6 is 11.3 Å².